The first-order chi connectivity index (χ1) is 13.1. The van der Waals surface area contributed by atoms with Crippen molar-refractivity contribution in [2.75, 3.05) is 32.7 Å². The predicted octanol–water partition coefficient (Wildman–Crippen LogP) is 0.726. The third-order valence-electron chi connectivity index (χ3n) is 5.30. The quantitative estimate of drug-likeness (QED) is 0.746. The molecule has 3 N–H and O–H groups in total. The Bertz CT molecular complexity index is 690. The van der Waals surface area contributed by atoms with Gasteiger partial charge in [0.1, 0.15) is 0 Å². The summed E-state index contributed by atoms with van der Waals surface area (Å²) in [4.78, 5) is 42.1. The molecule has 3 heterocycles. The molecule has 3 rings (SSSR count). The monoisotopic (exact) mass is 392 g/mol. The molecule has 7 nitrogen and oxygen atoms in total. The van der Waals surface area contributed by atoms with Crippen molar-refractivity contribution in [2.45, 2.75) is 38.6 Å². The topological polar surface area (TPSA) is 95.7 Å². The summed E-state index contributed by atoms with van der Waals surface area (Å²) >= 11 is 1.75. The molecule has 0 radical (unpaired) electrons. The summed E-state index contributed by atoms with van der Waals surface area (Å²) in [5, 5.41) is 4.87. The van der Waals surface area contributed by atoms with E-state index in [1.807, 2.05) is 4.90 Å². The molecular weight excluding hydrogens is 364 g/mol. The van der Waals surface area contributed by atoms with Gasteiger partial charge in [0.2, 0.25) is 17.7 Å². The van der Waals surface area contributed by atoms with Gasteiger partial charge in [-0.05, 0) is 36.3 Å². The molecule has 1 fully saturated rings. The second kappa shape index (κ2) is 9.32. The Morgan fingerprint density at radius 2 is 1.96 bits per heavy atom. The van der Waals surface area contributed by atoms with E-state index >= 15 is 0 Å². The second-order valence-corrected chi connectivity index (χ2v) is 8.19. The number of nitrogens with one attached hydrogen (secondary N) is 1. The van der Waals surface area contributed by atoms with Crippen LogP contribution >= 0.6 is 11.3 Å². The van der Waals surface area contributed by atoms with Crippen molar-refractivity contribution in [1.29, 1.82) is 0 Å². The fourth-order valence-electron chi connectivity index (χ4n) is 3.75. The molecule has 2 aliphatic rings. The molecular formula is C19H28N4O3S. The molecule has 148 valence electrons. The number of thiophene rings is 1. The van der Waals surface area contributed by atoms with Gasteiger partial charge < -0.3 is 20.9 Å². The van der Waals surface area contributed by atoms with Crippen molar-refractivity contribution in [3.8, 4) is 0 Å². The van der Waals surface area contributed by atoms with Crippen LogP contribution in [0.15, 0.2) is 11.4 Å². The predicted molar refractivity (Wildman–Crippen MR) is 104 cm³/mol. The van der Waals surface area contributed by atoms with Crippen LogP contribution in [0.25, 0.3) is 0 Å². The standard InChI is InChI=1S/C19H28N4O3S/c20-7-8-21-19(26)15-2-1-9-22(13-15)17(24)3-4-18(25)23-10-5-16-14(12-23)6-11-27-16/h6,11,15H,1-5,7-10,12-13,20H2,(H,21,26). The van der Waals surface area contributed by atoms with E-state index in [0.717, 1.165) is 25.8 Å². The lowest BCUT2D eigenvalue weighted by atomic mass is 9.96. The molecule has 3 amide bonds. The molecule has 1 aromatic heterocycles. The molecule has 1 saturated heterocycles. The fourth-order valence-corrected chi connectivity index (χ4v) is 4.64. The third-order valence-corrected chi connectivity index (χ3v) is 6.32. The van der Waals surface area contributed by atoms with Crippen molar-refractivity contribution >= 4 is 29.1 Å². The van der Waals surface area contributed by atoms with Crippen LogP contribution in [0.3, 0.4) is 0 Å². The number of hydrogen-bond acceptors (Lipinski definition) is 5. The summed E-state index contributed by atoms with van der Waals surface area (Å²) in [6.45, 7) is 3.35. The Morgan fingerprint density at radius 3 is 2.74 bits per heavy atom. The van der Waals surface area contributed by atoms with E-state index in [4.69, 9.17) is 5.73 Å². The average Bonchev–Trinajstić information content (AvgIpc) is 3.17. The number of nitrogens with two attached hydrogens (primary N) is 1. The molecule has 27 heavy (non-hydrogen) atoms. The van der Waals surface area contributed by atoms with Crippen LogP contribution in [-0.4, -0.2) is 60.2 Å². The van der Waals surface area contributed by atoms with E-state index in [-0.39, 0.29) is 36.5 Å². The number of nitrogens with zero attached hydrogens (tertiary/aromatic N) is 2. The SMILES string of the molecule is NCCNC(=O)C1CCCN(C(=O)CCC(=O)N2CCc3sccc3C2)C1. The maximum absolute atomic E-state index is 12.5. The number of amides is 3. The first kappa shape index (κ1) is 19.8. The molecule has 0 saturated carbocycles. The molecule has 0 aliphatic carbocycles. The van der Waals surface area contributed by atoms with Gasteiger partial charge in [-0.15, -0.1) is 11.3 Å². The highest BCUT2D eigenvalue weighted by Crippen LogP contribution is 2.24. The minimum Gasteiger partial charge on any atom is -0.355 e. The summed E-state index contributed by atoms with van der Waals surface area (Å²) < 4.78 is 0. The van der Waals surface area contributed by atoms with Gasteiger partial charge in [-0.1, -0.05) is 0 Å². The largest absolute Gasteiger partial charge is 0.355 e. The Morgan fingerprint density at radius 1 is 1.19 bits per heavy atom. The van der Waals surface area contributed by atoms with Crippen LogP contribution in [0, 0.1) is 5.92 Å². The normalized spacial score (nSPS) is 19.5. The highest BCUT2D eigenvalue weighted by molar-refractivity contribution is 7.10. The van der Waals surface area contributed by atoms with Gasteiger partial charge in [-0.2, -0.15) is 0 Å². The van der Waals surface area contributed by atoms with Crippen molar-refractivity contribution in [3.63, 3.8) is 0 Å². The zero-order chi connectivity index (χ0) is 19.2. The second-order valence-electron chi connectivity index (χ2n) is 7.19. The van der Waals surface area contributed by atoms with E-state index in [0.29, 0.717) is 32.7 Å². The number of fused-ring (bicyclic) bond motifs is 1. The number of piperidine rings is 1. The zero-order valence-electron chi connectivity index (χ0n) is 15.6. The first-order valence-electron chi connectivity index (χ1n) is 9.67. The summed E-state index contributed by atoms with van der Waals surface area (Å²) in [5.74, 6) is -0.208. The van der Waals surface area contributed by atoms with E-state index < -0.39 is 0 Å². The molecule has 2 aliphatic heterocycles. The number of likely N-dealkylation sites (tertiary alicyclic amines) is 1. The van der Waals surface area contributed by atoms with Crippen LogP contribution in [-0.2, 0) is 27.3 Å². The summed E-state index contributed by atoms with van der Waals surface area (Å²) in [5.41, 5.74) is 6.65. The van der Waals surface area contributed by atoms with E-state index in [2.05, 4.69) is 16.8 Å². The Balaban J connectivity index is 1.44. The van der Waals surface area contributed by atoms with E-state index in [1.165, 1.54) is 10.4 Å². The minimum atomic E-state index is -0.177. The van der Waals surface area contributed by atoms with Crippen LogP contribution in [0.1, 0.15) is 36.1 Å². The van der Waals surface area contributed by atoms with Gasteiger partial charge in [-0.25, -0.2) is 0 Å². The highest BCUT2D eigenvalue weighted by Gasteiger charge is 2.29. The van der Waals surface area contributed by atoms with Gasteiger partial charge >= 0.3 is 0 Å². The highest BCUT2D eigenvalue weighted by atomic mass is 32.1. The van der Waals surface area contributed by atoms with Crippen molar-refractivity contribution in [1.82, 2.24) is 15.1 Å². The Kier molecular flexibility index (Phi) is 6.84. The van der Waals surface area contributed by atoms with Crippen molar-refractivity contribution in [2.24, 2.45) is 11.7 Å². The molecule has 8 heteroatoms. The van der Waals surface area contributed by atoms with Crippen LogP contribution in [0.2, 0.25) is 0 Å². The molecule has 0 aromatic carbocycles. The molecule has 0 bridgehead atoms. The maximum atomic E-state index is 12.5. The van der Waals surface area contributed by atoms with Crippen LogP contribution in [0.4, 0.5) is 0 Å². The molecule has 1 unspecified atom stereocenters. The van der Waals surface area contributed by atoms with Gasteiger partial charge in [0.05, 0.1) is 5.92 Å². The van der Waals surface area contributed by atoms with Gasteiger partial charge in [-0.3, -0.25) is 14.4 Å². The lowest BCUT2D eigenvalue weighted by Gasteiger charge is -2.32. The van der Waals surface area contributed by atoms with Crippen molar-refractivity contribution < 1.29 is 14.4 Å². The maximum Gasteiger partial charge on any atom is 0.224 e. The summed E-state index contributed by atoms with van der Waals surface area (Å²) in [7, 11) is 0. The van der Waals surface area contributed by atoms with E-state index in [1.54, 1.807) is 16.2 Å². The number of rotatable bonds is 6. The molecule has 1 atom stereocenters. The first-order valence-corrected chi connectivity index (χ1v) is 10.5. The minimum absolute atomic E-state index is 0.0334. The van der Waals surface area contributed by atoms with Gasteiger partial charge in [0.25, 0.3) is 0 Å². The van der Waals surface area contributed by atoms with Gasteiger partial charge in [0, 0.05) is 57.0 Å². The number of carbonyl (C=O) groups is 3. The molecule has 0 spiro atoms. The van der Waals surface area contributed by atoms with Crippen LogP contribution in [0.5, 0.6) is 0 Å². The lowest BCUT2D eigenvalue weighted by Crippen LogP contribution is -2.46. The Labute approximate surface area is 163 Å². The Hall–Kier alpha value is -1.93. The van der Waals surface area contributed by atoms with Crippen LogP contribution < -0.4 is 11.1 Å². The number of carbonyl (C=O) groups excluding carboxylic acids is 3. The van der Waals surface area contributed by atoms with Gasteiger partial charge in [0.15, 0.2) is 0 Å². The smallest absolute Gasteiger partial charge is 0.224 e. The zero-order valence-corrected chi connectivity index (χ0v) is 16.4. The number of hydrogen-bond donors (Lipinski definition) is 2. The van der Waals surface area contributed by atoms with Crippen molar-refractivity contribution in [3.05, 3.63) is 21.9 Å². The fraction of sp³-hybridized carbons (Fsp3) is 0.632. The molecule has 1 aromatic rings. The summed E-state index contributed by atoms with van der Waals surface area (Å²) in [6.07, 6.45) is 2.95. The average molecular weight is 393 g/mol. The third kappa shape index (κ3) is 5.07. The van der Waals surface area contributed by atoms with E-state index in [9.17, 15) is 14.4 Å². The summed E-state index contributed by atoms with van der Waals surface area (Å²) in [6, 6.07) is 2.08. The lowest BCUT2D eigenvalue weighted by molar-refractivity contribution is -0.139.